The van der Waals surface area contributed by atoms with Crippen LogP contribution in [0.15, 0.2) is 12.4 Å². The Hall–Kier alpha value is -0.830. The van der Waals surface area contributed by atoms with Crippen molar-refractivity contribution in [2.75, 3.05) is 14.1 Å². The maximum Gasteiger partial charge on any atom is 0.0549 e. The molecule has 1 aliphatic carbocycles. The molecule has 0 aromatic carbocycles. The molecule has 72 valence electrons. The minimum absolute atomic E-state index is 0.640. The molecule has 13 heavy (non-hydrogen) atoms. The van der Waals surface area contributed by atoms with Gasteiger partial charge in [-0.25, -0.2) is 0 Å². The van der Waals surface area contributed by atoms with Crippen LogP contribution < -0.4 is 0 Å². The molecule has 1 saturated carbocycles. The molecule has 0 radical (unpaired) electrons. The number of nitrogens with zero attached hydrogens (tertiary/aromatic N) is 3. The van der Waals surface area contributed by atoms with E-state index in [0.29, 0.717) is 6.04 Å². The molecule has 0 spiro atoms. The van der Waals surface area contributed by atoms with Gasteiger partial charge in [-0.1, -0.05) is 0 Å². The molecule has 3 nitrogen and oxygen atoms in total. The topological polar surface area (TPSA) is 21.1 Å². The minimum Gasteiger partial charge on any atom is -0.306 e. The first-order valence-corrected chi connectivity index (χ1v) is 4.84. The van der Waals surface area contributed by atoms with Crippen LogP contribution in [0, 0.1) is 6.92 Å². The molecule has 0 aliphatic heterocycles. The van der Waals surface area contributed by atoms with Crippen molar-refractivity contribution >= 4 is 0 Å². The van der Waals surface area contributed by atoms with E-state index in [2.05, 4.69) is 41.9 Å². The maximum atomic E-state index is 4.33. The quantitative estimate of drug-likeness (QED) is 0.685. The lowest BCUT2D eigenvalue weighted by atomic mass is 9.86. The van der Waals surface area contributed by atoms with Crippen LogP contribution in [0.2, 0.25) is 0 Å². The zero-order valence-electron chi connectivity index (χ0n) is 8.57. The van der Waals surface area contributed by atoms with E-state index in [-0.39, 0.29) is 0 Å². The normalized spacial score (nSPS) is 27.7. The molecule has 2 rings (SSSR count). The van der Waals surface area contributed by atoms with Gasteiger partial charge in [-0.2, -0.15) is 5.10 Å². The Morgan fingerprint density at radius 3 is 2.62 bits per heavy atom. The third kappa shape index (κ3) is 1.61. The molecule has 3 heteroatoms. The number of aryl methyl sites for hydroxylation is 1. The van der Waals surface area contributed by atoms with E-state index in [1.165, 1.54) is 18.4 Å². The van der Waals surface area contributed by atoms with Crippen LogP contribution in [-0.2, 0) is 0 Å². The van der Waals surface area contributed by atoms with Gasteiger partial charge in [-0.3, -0.25) is 4.68 Å². The lowest BCUT2D eigenvalue weighted by Crippen LogP contribution is -2.41. The summed E-state index contributed by atoms with van der Waals surface area (Å²) in [5.41, 5.74) is 1.26. The predicted octanol–water partition coefficient (Wildman–Crippen LogP) is 1.46. The summed E-state index contributed by atoms with van der Waals surface area (Å²) >= 11 is 0. The Morgan fingerprint density at radius 1 is 1.46 bits per heavy atom. The van der Waals surface area contributed by atoms with Gasteiger partial charge in [0.05, 0.1) is 12.2 Å². The van der Waals surface area contributed by atoms with E-state index in [1.807, 2.05) is 6.20 Å². The van der Waals surface area contributed by atoms with Crippen molar-refractivity contribution < 1.29 is 0 Å². The van der Waals surface area contributed by atoms with Crippen molar-refractivity contribution in [2.24, 2.45) is 0 Å². The average Bonchev–Trinajstić information content (AvgIpc) is 2.31. The summed E-state index contributed by atoms with van der Waals surface area (Å²) in [6.45, 7) is 2.09. The third-order valence-electron chi connectivity index (χ3n) is 2.92. The van der Waals surface area contributed by atoms with E-state index in [0.717, 1.165) is 6.04 Å². The van der Waals surface area contributed by atoms with Crippen LogP contribution >= 0.6 is 0 Å². The molecule has 1 aliphatic rings. The molecule has 0 saturated heterocycles. The monoisotopic (exact) mass is 179 g/mol. The van der Waals surface area contributed by atoms with Crippen LogP contribution in [0.3, 0.4) is 0 Å². The number of hydrogen-bond acceptors (Lipinski definition) is 2. The highest BCUT2D eigenvalue weighted by Gasteiger charge is 2.31. The molecule has 0 N–H and O–H groups in total. The Balaban J connectivity index is 1.93. The van der Waals surface area contributed by atoms with Crippen molar-refractivity contribution in [1.29, 1.82) is 0 Å². The van der Waals surface area contributed by atoms with Crippen LogP contribution in [-0.4, -0.2) is 34.8 Å². The molecule has 1 aromatic heterocycles. The van der Waals surface area contributed by atoms with E-state index in [1.54, 1.807) is 0 Å². The zero-order chi connectivity index (χ0) is 9.42. The predicted molar refractivity (Wildman–Crippen MR) is 52.7 cm³/mol. The van der Waals surface area contributed by atoms with Gasteiger partial charge < -0.3 is 4.90 Å². The first-order valence-electron chi connectivity index (χ1n) is 4.84. The van der Waals surface area contributed by atoms with Gasteiger partial charge in [0.15, 0.2) is 0 Å². The molecule has 1 heterocycles. The van der Waals surface area contributed by atoms with E-state index < -0.39 is 0 Å². The van der Waals surface area contributed by atoms with E-state index >= 15 is 0 Å². The fraction of sp³-hybridized carbons (Fsp3) is 0.700. The minimum atomic E-state index is 0.640. The summed E-state index contributed by atoms with van der Waals surface area (Å²) in [6.07, 6.45) is 6.56. The second-order valence-electron chi connectivity index (χ2n) is 4.24. The van der Waals surface area contributed by atoms with Crippen molar-refractivity contribution in [3.05, 3.63) is 18.0 Å². The third-order valence-corrected chi connectivity index (χ3v) is 2.92. The van der Waals surface area contributed by atoms with Crippen LogP contribution in [0.4, 0.5) is 0 Å². The fourth-order valence-electron chi connectivity index (χ4n) is 1.83. The highest BCUT2D eigenvalue weighted by Crippen LogP contribution is 2.34. The largest absolute Gasteiger partial charge is 0.306 e. The molecule has 0 atom stereocenters. The van der Waals surface area contributed by atoms with Crippen LogP contribution in [0.1, 0.15) is 24.4 Å². The summed E-state index contributed by atoms with van der Waals surface area (Å²) < 4.78 is 2.11. The maximum absolute atomic E-state index is 4.33. The molecule has 0 bridgehead atoms. The molecular formula is C10H17N3. The lowest BCUT2D eigenvalue weighted by molar-refractivity contribution is 0.121. The van der Waals surface area contributed by atoms with Gasteiger partial charge in [0.1, 0.15) is 0 Å². The Bertz CT molecular complexity index is 284. The first kappa shape index (κ1) is 8.75. The van der Waals surface area contributed by atoms with Crippen molar-refractivity contribution in [3.8, 4) is 0 Å². The highest BCUT2D eigenvalue weighted by atomic mass is 15.3. The van der Waals surface area contributed by atoms with Gasteiger partial charge in [0.2, 0.25) is 0 Å². The summed E-state index contributed by atoms with van der Waals surface area (Å²) in [5.74, 6) is 0. The Labute approximate surface area is 79.3 Å². The lowest BCUT2D eigenvalue weighted by Gasteiger charge is -2.39. The zero-order valence-corrected chi connectivity index (χ0v) is 8.57. The van der Waals surface area contributed by atoms with Crippen molar-refractivity contribution in [2.45, 2.75) is 31.8 Å². The van der Waals surface area contributed by atoms with Gasteiger partial charge in [0, 0.05) is 12.2 Å². The second-order valence-corrected chi connectivity index (χ2v) is 4.24. The Kier molecular flexibility index (Phi) is 2.12. The van der Waals surface area contributed by atoms with Gasteiger partial charge in [-0.15, -0.1) is 0 Å². The summed E-state index contributed by atoms with van der Waals surface area (Å²) in [4.78, 5) is 2.30. The second kappa shape index (κ2) is 3.14. The number of hydrogen-bond donors (Lipinski definition) is 0. The average molecular weight is 179 g/mol. The molecule has 1 fully saturated rings. The Morgan fingerprint density at radius 2 is 2.15 bits per heavy atom. The molecular weight excluding hydrogens is 162 g/mol. The van der Waals surface area contributed by atoms with E-state index in [9.17, 15) is 0 Å². The van der Waals surface area contributed by atoms with Crippen molar-refractivity contribution in [3.63, 3.8) is 0 Å². The molecule has 1 aromatic rings. The van der Waals surface area contributed by atoms with Crippen LogP contribution in [0.25, 0.3) is 0 Å². The summed E-state index contributed by atoms with van der Waals surface area (Å²) in [5, 5.41) is 4.33. The standard InChI is InChI=1S/C10H17N3/c1-8-6-11-13(7-8)10-4-9(5-10)12(2)3/h6-7,9-10H,4-5H2,1-3H3. The van der Waals surface area contributed by atoms with Gasteiger partial charge in [0.25, 0.3) is 0 Å². The van der Waals surface area contributed by atoms with E-state index in [4.69, 9.17) is 0 Å². The molecule has 0 unspecified atom stereocenters. The summed E-state index contributed by atoms with van der Waals surface area (Å²) in [7, 11) is 4.30. The SMILES string of the molecule is Cc1cnn(C2CC(N(C)C)C2)c1. The fourth-order valence-corrected chi connectivity index (χ4v) is 1.83. The molecule has 0 amide bonds. The highest BCUT2D eigenvalue weighted by molar-refractivity contribution is 5.02. The van der Waals surface area contributed by atoms with Crippen molar-refractivity contribution in [1.82, 2.24) is 14.7 Å². The summed E-state index contributed by atoms with van der Waals surface area (Å²) in [6, 6.07) is 1.40. The number of aromatic nitrogens is 2. The van der Waals surface area contributed by atoms with Gasteiger partial charge >= 0.3 is 0 Å². The van der Waals surface area contributed by atoms with Gasteiger partial charge in [-0.05, 0) is 39.4 Å². The van der Waals surface area contributed by atoms with Crippen LogP contribution in [0.5, 0.6) is 0 Å². The number of rotatable bonds is 2. The smallest absolute Gasteiger partial charge is 0.0549 e. The first-order chi connectivity index (χ1) is 6.16.